The van der Waals surface area contributed by atoms with Crippen LogP contribution in [0.3, 0.4) is 0 Å². The molecule has 1 fully saturated rings. The summed E-state index contributed by atoms with van der Waals surface area (Å²) in [5.74, 6) is -2.79. The van der Waals surface area contributed by atoms with Gasteiger partial charge in [-0.1, -0.05) is 78.3 Å². The van der Waals surface area contributed by atoms with Gasteiger partial charge in [-0.2, -0.15) is 0 Å². The van der Waals surface area contributed by atoms with Crippen LogP contribution in [0, 0.1) is 23.7 Å². The van der Waals surface area contributed by atoms with Gasteiger partial charge in [-0.05, 0) is 70.9 Å². The van der Waals surface area contributed by atoms with E-state index in [1.807, 2.05) is 63.1 Å². The van der Waals surface area contributed by atoms with Crippen molar-refractivity contribution < 1.29 is 42.9 Å². The lowest BCUT2D eigenvalue weighted by atomic mass is 9.87. The van der Waals surface area contributed by atoms with Crippen molar-refractivity contribution in [1.29, 1.82) is 0 Å². The predicted molar refractivity (Wildman–Crippen MR) is 212 cm³/mol. The molecule has 0 saturated carbocycles. The number of amides is 4. The van der Waals surface area contributed by atoms with Gasteiger partial charge >= 0.3 is 12.1 Å². The summed E-state index contributed by atoms with van der Waals surface area (Å²) in [6.45, 7) is 19.2. The van der Waals surface area contributed by atoms with Gasteiger partial charge in [0.15, 0.2) is 0 Å². The van der Waals surface area contributed by atoms with Crippen LogP contribution in [0.15, 0.2) is 30.3 Å². The molecular weight excluding hydrogens is 704 g/mol. The number of hydrogen-bond acceptors (Lipinski definition) is 10. The van der Waals surface area contributed by atoms with Gasteiger partial charge in [0.2, 0.25) is 17.7 Å². The van der Waals surface area contributed by atoms with Crippen LogP contribution < -0.4 is 5.32 Å². The SMILES string of the molecule is CC[C@H](C)[C@@H]([C@@H](CC(=O)N1CCC[C@H]1[C@H](OC)[C@@H](C)C(=O)OCc1ccccc1)OC)N(C)[C@H](C(=O)NC(=O)[C@H](C(C)C)N(C)C(=O)OC(C)(C)C)C(C)C. The van der Waals surface area contributed by atoms with Crippen molar-refractivity contribution in [3.05, 3.63) is 35.9 Å². The maximum absolute atomic E-state index is 14.2. The van der Waals surface area contributed by atoms with Gasteiger partial charge in [0.1, 0.15) is 18.2 Å². The number of esters is 1. The number of ether oxygens (including phenoxy) is 4. The summed E-state index contributed by atoms with van der Waals surface area (Å²) in [5.41, 5.74) is 0.126. The van der Waals surface area contributed by atoms with E-state index in [9.17, 15) is 24.0 Å². The molecule has 0 radical (unpaired) electrons. The molecule has 1 heterocycles. The van der Waals surface area contributed by atoms with Crippen molar-refractivity contribution in [2.24, 2.45) is 23.7 Å². The van der Waals surface area contributed by atoms with E-state index in [0.29, 0.717) is 13.0 Å². The molecule has 1 aromatic rings. The number of benzene rings is 1. The first kappa shape index (κ1) is 47.6. The average molecular weight is 775 g/mol. The molecule has 0 bridgehead atoms. The summed E-state index contributed by atoms with van der Waals surface area (Å²) in [6.07, 6.45) is 0.386. The zero-order valence-corrected chi connectivity index (χ0v) is 35.9. The molecule has 1 aliphatic heterocycles. The third kappa shape index (κ3) is 13.3. The molecule has 1 saturated heterocycles. The normalized spacial score (nSPS) is 18.6. The molecule has 0 spiro atoms. The Bertz CT molecular complexity index is 1400. The maximum Gasteiger partial charge on any atom is 0.410 e. The first-order valence-electron chi connectivity index (χ1n) is 19.8. The van der Waals surface area contributed by atoms with E-state index in [2.05, 4.69) is 12.2 Å². The summed E-state index contributed by atoms with van der Waals surface area (Å²) in [5, 5.41) is 2.60. The predicted octanol–water partition coefficient (Wildman–Crippen LogP) is 5.68. The van der Waals surface area contributed by atoms with Gasteiger partial charge in [0.05, 0.1) is 36.6 Å². The van der Waals surface area contributed by atoms with E-state index in [-0.39, 0.29) is 48.8 Å². The molecule has 8 atom stereocenters. The third-order valence-corrected chi connectivity index (χ3v) is 10.7. The number of methoxy groups -OCH3 is 2. The van der Waals surface area contributed by atoms with Gasteiger partial charge in [0, 0.05) is 33.9 Å². The Balaban J connectivity index is 2.28. The monoisotopic (exact) mass is 775 g/mol. The zero-order valence-electron chi connectivity index (χ0n) is 35.9. The molecule has 0 unspecified atom stereocenters. The standard InChI is InChI=1S/C42H70N4O9/c1-15-28(6)36(44(11)34(26(2)3)38(48)43-39(49)35(27(4)5)45(12)41(51)55-42(8,9)10)32(52-13)24-33(47)46-23-19-22-31(46)37(53-14)29(7)40(50)54-25-30-20-17-16-18-21-30/h16-18,20-21,26-29,31-32,34-37H,15,19,22-25H2,1-14H3,(H,43,48,49)/t28-,29+,31-,32+,34-,35-,36-,37+/m0/s1. The van der Waals surface area contributed by atoms with Crippen LogP contribution in [0.4, 0.5) is 4.79 Å². The lowest BCUT2D eigenvalue weighted by Crippen LogP contribution is -2.60. The minimum Gasteiger partial charge on any atom is -0.461 e. The summed E-state index contributed by atoms with van der Waals surface area (Å²) >= 11 is 0. The molecular formula is C42H70N4O9. The minimum absolute atomic E-state index is 0.00489. The van der Waals surface area contributed by atoms with E-state index >= 15 is 0 Å². The van der Waals surface area contributed by atoms with Crippen molar-refractivity contribution in [3.8, 4) is 0 Å². The highest BCUT2D eigenvalue weighted by Crippen LogP contribution is 2.31. The van der Waals surface area contributed by atoms with Gasteiger partial charge < -0.3 is 23.8 Å². The Kier molecular flexibility index (Phi) is 18.8. The Morgan fingerprint density at radius 1 is 0.891 bits per heavy atom. The maximum atomic E-state index is 14.2. The van der Waals surface area contributed by atoms with Gasteiger partial charge in [-0.15, -0.1) is 0 Å². The van der Waals surface area contributed by atoms with Crippen molar-refractivity contribution in [2.75, 3.05) is 34.9 Å². The lowest BCUT2D eigenvalue weighted by Gasteiger charge is -2.43. The second-order valence-electron chi connectivity index (χ2n) is 16.7. The van der Waals surface area contributed by atoms with Gasteiger partial charge in [-0.3, -0.25) is 34.3 Å². The molecule has 1 aliphatic rings. The molecule has 13 heteroatoms. The van der Waals surface area contributed by atoms with Crippen LogP contribution in [0.25, 0.3) is 0 Å². The Hall–Kier alpha value is -3.55. The Morgan fingerprint density at radius 2 is 1.47 bits per heavy atom. The number of imide groups is 1. The fourth-order valence-electron chi connectivity index (χ4n) is 7.82. The Morgan fingerprint density at radius 3 is 1.98 bits per heavy atom. The number of nitrogens with zero attached hydrogens (tertiary/aromatic N) is 3. The van der Waals surface area contributed by atoms with Crippen LogP contribution in [-0.2, 0) is 44.7 Å². The molecule has 13 nitrogen and oxygen atoms in total. The first-order chi connectivity index (χ1) is 25.7. The van der Waals surface area contributed by atoms with Crippen molar-refractivity contribution >= 4 is 29.8 Å². The number of carbonyl (C=O) groups is 5. The highest BCUT2D eigenvalue weighted by atomic mass is 16.6. The number of carbonyl (C=O) groups excluding carboxylic acids is 5. The lowest BCUT2D eigenvalue weighted by molar-refractivity contribution is -0.158. The fraction of sp³-hybridized carbons (Fsp3) is 0.738. The van der Waals surface area contributed by atoms with E-state index in [4.69, 9.17) is 18.9 Å². The molecule has 312 valence electrons. The zero-order chi connectivity index (χ0) is 41.8. The quantitative estimate of drug-likeness (QED) is 0.174. The van der Waals surface area contributed by atoms with Crippen LogP contribution in [-0.4, -0.2) is 121 Å². The van der Waals surface area contributed by atoms with E-state index < -0.39 is 59.7 Å². The molecule has 1 N–H and O–H groups in total. The number of likely N-dealkylation sites (tertiary alicyclic amines) is 1. The van der Waals surface area contributed by atoms with Crippen LogP contribution in [0.5, 0.6) is 0 Å². The summed E-state index contributed by atoms with van der Waals surface area (Å²) in [6, 6.07) is 7.03. The summed E-state index contributed by atoms with van der Waals surface area (Å²) < 4.78 is 23.1. The van der Waals surface area contributed by atoms with Crippen molar-refractivity contribution in [3.63, 3.8) is 0 Å². The smallest absolute Gasteiger partial charge is 0.410 e. The third-order valence-electron chi connectivity index (χ3n) is 10.7. The summed E-state index contributed by atoms with van der Waals surface area (Å²) in [4.78, 5) is 73.0. The summed E-state index contributed by atoms with van der Waals surface area (Å²) in [7, 11) is 6.45. The molecule has 4 amide bonds. The number of hydrogen-bond donors (Lipinski definition) is 1. The molecule has 2 rings (SSSR count). The number of likely N-dealkylation sites (N-methyl/N-ethyl adjacent to an activating group) is 2. The minimum atomic E-state index is -0.954. The highest BCUT2D eigenvalue weighted by Gasteiger charge is 2.44. The topological polar surface area (TPSA) is 144 Å². The van der Waals surface area contributed by atoms with E-state index in [1.165, 1.54) is 11.9 Å². The molecule has 0 aromatic heterocycles. The molecule has 55 heavy (non-hydrogen) atoms. The van der Waals surface area contributed by atoms with Crippen LogP contribution >= 0.6 is 0 Å². The number of nitrogens with one attached hydrogen (secondary N) is 1. The molecule has 1 aromatic carbocycles. The fourth-order valence-corrected chi connectivity index (χ4v) is 7.82. The van der Waals surface area contributed by atoms with E-state index in [1.54, 1.807) is 60.7 Å². The van der Waals surface area contributed by atoms with Crippen molar-refractivity contribution in [1.82, 2.24) is 20.0 Å². The highest BCUT2D eigenvalue weighted by molar-refractivity contribution is 6.01. The average Bonchev–Trinajstić information content (AvgIpc) is 3.59. The number of rotatable bonds is 19. The van der Waals surface area contributed by atoms with Crippen molar-refractivity contribution in [2.45, 2.75) is 144 Å². The Labute approximate surface area is 330 Å². The first-order valence-corrected chi connectivity index (χ1v) is 19.8. The van der Waals surface area contributed by atoms with Crippen LogP contribution in [0.2, 0.25) is 0 Å². The van der Waals surface area contributed by atoms with E-state index in [0.717, 1.165) is 18.4 Å². The van der Waals surface area contributed by atoms with Gasteiger partial charge in [-0.25, -0.2) is 4.79 Å². The second kappa shape index (κ2) is 21.7. The van der Waals surface area contributed by atoms with Crippen LogP contribution in [0.1, 0.15) is 100 Å². The molecule has 0 aliphatic carbocycles. The largest absolute Gasteiger partial charge is 0.461 e. The van der Waals surface area contributed by atoms with Gasteiger partial charge in [0.25, 0.3) is 0 Å². The second-order valence-corrected chi connectivity index (χ2v) is 16.7.